The van der Waals surface area contributed by atoms with Gasteiger partial charge in [-0.1, -0.05) is 0 Å². The Bertz CT molecular complexity index is 195. The minimum absolute atomic E-state index is 1.96. The van der Waals surface area contributed by atoms with E-state index in [0.29, 0.717) is 0 Å². The molecule has 8 heavy (non-hydrogen) atoms. The second-order valence-electron chi connectivity index (χ2n) is 0.738. The van der Waals surface area contributed by atoms with Crippen molar-refractivity contribution < 1.29 is 12.7 Å². The van der Waals surface area contributed by atoms with Crippen LogP contribution in [0.4, 0.5) is 0 Å². The zero-order chi connectivity index (χ0) is 6.62. The van der Waals surface area contributed by atoms with Crippen LogP contribution in [0.15, 0.2) is 5.28 Å². The smallest absolute Gasteiger partial charge is 0.298 e. The van der Waals surface area contributed by atoms with Gasteiger partial charge in [-0.05, 0) is 5.53 Å². The highest BCUT2D eigenvalue weighted by molar-refractivity contribution is 7.84. The summed E-state index contributed by atoms with van der Waals surface area (Å²) < 4.78 is 22.7. The van der Waals surface area contributed by atoms with Crippen molar-refractivity contribution >= 4 is 10.3 Å². The van der Waals surface area contributed by atoms with E-state index in [4.69, 9.17) is 5.53 Å². The van der Waals surface area contributed by atoms with Crippen LogP contribution in [0, 0.1) is 0 Å². The molecule has 0 heterocycles. The van der Waals surface area contributed by atoms with Gasteiger partial charge < -0.3 is 0 Å². The second-order valence-corrected chi connectivity index (χ2v) is 1.87. The van der Waals surface area contributed by atoms with E-state index >= 15 is 0 Å². The highest BCUT2D eigenvalue weighted by atomic mass is 32.2. The minimum Gasteiger partial charge on any atom is -0.298 e. The first-order valence-electron chi connectivity index (χ1n) is 1.32. The fourth-order valence-corrected chi connectivity index (χ4v) is 0.184. The Morgan fingerprint density at radius 3 is 2.38 bits per heavy atom. The summed E-state index contributed by atoms with van der Waals surface area (Å²) in [7, 11) is -4.11. The highest BCUT2D eigenvalue weighted by Crippen LogP contribution is 1.80. The van der Waals surface area contributed by atoms with Crippen molar-refractivity contribution in [1.82, 2.24) is 0 Å². The second kappa shape index (κ2) is 2.36. The topological polar surface area (TPSA) is 118 Å². The molecule has 0 saturated carbocycles. The predicted octanol–water partition coefficient (Wildman–Crippen LogP) is -0.568. The molecule has 46 valence electrons. The van der Waals surface area contributed by atoms with Gasteiger partial charge in [-0.15, -0.1) is 0 Å². The molecule has 0 bridgehead atoms. The SMILES string of the molecule is [N-]=[N+]=NOS(N)(=O)=O. The van der Waals surface area contributed by atoms with Crippen molar-refractivity contribution in [1.29, 1.82) is 0 Å². The molecule has 0 saturated heterocycles. The van der Waals surface area contributed by atoms with Gasteiger partial charge in [0.2, 0.25) is 0 Å². The van der Waals surface area contributed by atoms with Gasteiger partial charge >= 0.3 is 10.3 Å². The van der Waals surface area contributed by atoms with E-state index in [2.05, 4.69) is 14.7 Å². The van der Waals surface area contributed by atoms with Crippen molar-refractivity contribution in [3.05, 3.63) is 10.4 Å². The van der Waals surface area contributed by atoms with Gasteiger partial charge in [0, 0.05) is 4.91 Å². The lowest BCUT2D eigenvalue weighted by Gasteiger charge is -1.85. The molecule has 0 unspecified atom stereocenters. The molecule has 0 aromatic carbocycles. The first-order chi connectivity index (χ1) is 3.56. The van der Waals surface area contributed by atoms with Crippen molar-refractivity contribution in [2.75, 3.05) is 0 Å². The Morgan fingerprint density at radius 1 is 1.75 bits per heavy atom. The zero-order valence-electron chi connectivity index (χ0n) is 3.55. The van der Waals surface area contributed by atoms with Gasteiger partial charge in [0.25, 0.3) is 0 Å². The van der Waals surface area contributed by atoms with Crippen molar-refractivity contribution in [3.63, 3.8) is 0 Å². The number of rotatable bonds is 2. The monoisotopic (exact) mass is 138 g/mol. The van der Waals surface area contributed by atoms with Crippen LogP contribution >= 0.6 is 0 Å². The van der Waals surface area contributed by atoms with E-state index < -0.39 is 10.3 Å². The van der Waals surface area contributed by atoms with Gasteiger partial charge in [0.1, 0.15) is 5.28 Å². The summed E-state index contributed by atoms with van der Waals surface area (Å²) in [4.78, 5) is 1.96. The van der Waals surface area contributed by atoms with E-state index in [-0.39, 0.29) is 0 Å². The highest BCUT2D eigenvalue weighted by Gasteiger charge is 1.95. The third kappa shape index (κ3) is 5.02. The molecule has 0 aromatic heterocycles. The van der Waals surface area contributed by atoms with Crippen molar-refractivity contribution in [2.24, 2.45) is 10.4 Å². The number of azide groups is 1. The first kappa shape index (κ1) is 7.02. The van der Waals surface area contributed by atoms with E-state index in [1.807, 2.05) is 4.91 Å². The molecule has 0 atom stereocenters. The number of nitrogens with two attached hydrogens (primary N) is 1. The molecule has 0 aliphatic rings. The molecule has 0 aliphatic heterocycles. The molecule has 0 amide bonds. The lowest BCUT2D eigenvalue weighted by atomic mass is 12.9. The van der Waals surface area contributed by atoms with Crippen LogP contribution in [-0.2, 0) is 14.6 Å². The van der Waals surface area contributed by atoms with Crippen LogP contribution in [0.3, 0.4) is 0 Å². The Kier molecular flexibility index (Phi) is 2.07. The molecule has 2 N–H and O–H groups in total. The summed E-state index contributed by atoms with van der Waals surface area (Å²) in [5.74, 6) is 0. The van der Waals surface area contributed by atoms with E-state index in [0.717, 1.165) is 0 Å². The summed E-state index contributed by atoms with van der Waals surface area (Å²) >= 11 is 0. The number of nitrogens with zero attached hydrogens (tertiary/aromatic N) is 3. The molecular formula is H2N4O3S. The van der Waals surface area contributed by atoms with Crippen molar-refractivity contribution in [3.8, 4) is 0 Å². The van der Waals surface area contributed by atoms with Crippen molar-refractivity contribution in [2.45, 2.75) is 0 Å². The number of hydrogen-bond donors (Lipinski definition) is 1. The largest absolute Gasteiger partial charge is 0.386 e. The Hall–Kier alpha value is -0.980. The summed E-state index contributed by atoms with van der Waals surface area (Å²) in [5.41, 5.74) is 7.44. The molecule has 0 fully saturated rings. The first-order valence-corrected chi connectivity index (χ1v) is 2.79. The average Bonchev–Trinajstić information content (AvgIpc) is 1.59. The lowest BCUT2D eigenvalue weighted by Crippen LogP contribution is -2.11. The van der Waals surface area contributed by atoms with Crippen LogP contribution in [0.1, 0.15) is 0 Å². The van der Waals surface area contributed by atoms with Crippen LogP contribution in [0.25, 0.3) is 10.4 Å². The summed E-state index contributed by atoms with van der Waals surface area (Å²) in [6.07, 6.45) is 0. The third-order valence-electron chi connectivity index (χ3n) is 0.174. The molecule has 8 heteroatoms. The van der Waals surface area contributed by atoms with Gasteiger partial charge in [0.15, 0.2) is 0 Å². The van der Waals surface area contributed by atoms with Crippen LogP contribution in [-0.4, -0.2) is 8.42 Å². The lowest BCUT2D eigenvalue weighted by molar-refractivity contribution is 0.332. The van der Waals surface area contributed by atoms with Gasteiger partial charge in [0.05, 0.1) is 0 Å². The quantitative estimate of drug-likeness (QED) is 0.238. The maximum absolute atomic E-state index is 9.68. The molecule has 0 rings (SSSR count). The van der Waals surface area contributed by atoms with Gasteiger partial charge in [-0.25, -0.2) is 0 Å². The van der Waals surface area contributed by atoms with E-state index in [1.165, 1.54) is 0 Å². The van der Waals surface area contributed by atoms with Crippen LogP contribution < -0.4 is 5.14 Å². The number of hydrogen-bond acceptors (Lipinski definition) is 4. The van der Waals surface area contributed by atoms with Crippen LogP contribution in [0.5, 0.6) is 0 Å². The minimum atomic E-state index is -4.11. The summed E-state index contributed by atoms with van der Waals surface area (Å²) in [6, 6.07) is 0. The molecule has 0 aromatic rings. The normalized spacial score (nSPS) is 9.62. The Labute approximate surface area is 44.9 Å². The Balaban J connectivity index is 3.94. The van der Waals surface area contributed by atoms with Gasteiger partial charge in [-0.2, -0.15) is 13.6 Å². The standard InChI is InChI=1S/H2N4O3S/c1-3-4-7-8(2,5)6/h(H2,2,5,6). The van der Waals surface area contributed by atoms with E-state index in [9.17, 15) is 8.42 Å². The Morgan fingerprint density at radius 2 is 2.25 bits per heavy atom. The van der Waals surface area contributed by atoms with Crippen LogP contribution in [0.2, 0.25) is 0 Å². The molecular weight excluding hydrogens is 136 g/mol. The zero-order valence-corrected chi connectivity index (χ0v) is 4.37. The van der Waals surface area contributed by atoms with E-state index in [1.54, 1.807) is 0 Å². The molecule has 0 radical (unpaired) electrons. The summed E-state index contributed by atoms with van der Waals surface area (Å²) in [5, 5.41) is 6.42. The van der Waals surface area contributed by atoms with Gasteiger partial charge in [-0.3, -0.25) is 4.28 Å². The predicted molar refractivity (Wildman–Crippen MR) is 23.3 cm³/mol. The fourth-order valence-electron chi connectivity index (χ4n) is 0.0614. The molecule has 0 aliphatic carbocycles. The third-order valence-corrected chi connectivity index (χ3v) is 0.448. The maximum atomic E-state index is 9.68. The summed E-state index contributed by atoms with van der Waals surface area (Å²) in [6.45, 7) is 0. The average molecular weight is 138 g/mol. The molecule has 7 nitrogen and oxygen atoms in total. The maximum Gasteiger partial charge on any atom is 0.386 e. The fraction of sp³-hybridized carbons (Fsp3) is 0. The molecule has 0 spiro atoms.